The first-order valence-corrected chi connectivity index (χ1v) is 9.35. The number of carbonyl (C=O) groups excluding carboxylic acids is 2. The monoisotopic (exact) mass is 395 g/mol. The molecule has 3 aliphatic rings. The van der Waals surface area contributed by atoms with Gasteiger partial charge in [0.2, 0.25) is 12.7 Å². The van der Waals surface area contributed by atoms with Crippen molar-refractivity contribution in [3.63, 3.8) is 0 Å². The van der Waals surface area contributed by atoms with Crippen LogP contribution in [0.3, 0.4) is 0 Å². The van der Waals surface area contributed by atoms with Gasteiger partial charge in [0, 0.05) is 37.7 Å². The van der Waals surface area contributed by atoms with Gasteiger partial charge in [0.25, 0.3) is 5.91 Å². The van der Waals surface area contributed by atoms with Crippen LogP contribution in [0.15, 0.2) is 18.2 Å². The predicted molar refractivity (Wildman–Crippen MR) is 102 cm³/mol. The Kier molecular flexibility index (Phi) is 6.11. The molecule has 27 heavy (non-hydrogen) atoms. The van der Waals surface area contributed by atoms with Gasteiger partial charge in [0.1, 0.15) is 0 Å². The van der Waals surface area contributed by atoms with Crippen LogP contribution in [0.1, 0.15) is 29.6 Å². The van der Waals surface area contributed by atoms with Crippen molar-refractivity contribution in [2.75, 3.05) is 39.5 Å². The summed E-state index contributed by atoms with van der Waals surface area (Å²) in [7, 11) is 0. The molecule has 0 bridgehead atoms. The third-order valence-electron chi connectivity index (χ3n) is 5.78. The van der Waals surface area contributed by atoms with Crippen molar-refractivity contribution in [3.05, 3.63) is 23.8 Å². The summed E-state index contributed by atoms with van der Waals surface area (Å²) >= 11 is 0. The van der Waals surface area contributed by atoms with Gasteiger partial charge in [-0.2, -0.15) is 0 Å². The highest BCUT2D eigenvalue weighted by molar-refractivity contribution is 5.95. The number of hydrogen-bond donors (Lipinski definition) is 1. The molecule has 1 aliphatic carbocycles. The molecule has 0 spiro atoms. The zero-order valence-electron chi connectivity index (χ0n) is 15.3. The van der Waals surface area contributed by atoms with Crippen LogP contribution in [0.2, 0.25) is 0 Å². The second-order valence-electron chi connectivity index (χ2n) is 7.22. The van der Waals surface area contributed by atoms with E-state index in [0.29, 0.717) is 55.7 Å². The zero-order valence-corrected chi connectivity index (χ0v) is 16.1. The van der Waals surface area contributed by atoms with Crippen molar-refractivity contribution in [1.82, 2.24) is 9.80 Å². The van der Waals surface area contributed by atoms with Crippen LogP contribution in [0.25, 0.3) is 0 Å². The smallest absolute Gasteiger partial charge is 0.254 e. The normalized spacial score (nSPS) is 23.9. The minimum absolute atomic E-state index is 0. The lowest BCUT2D eigenvalue weighted by molar-refractivity contribution is -0.138. The molecule has 4 rings (SSSR count). The van der Waals surface area contributed by atoms with E-state index in [-0.39, 0.29) is 36.9 Å². The van der Waals surface area contributed by atoms with E-state index in [4.69, 9.17) is 15.2 Å². The van der Waals surface area contributed by atoms with E-state index >= 15 is 0 Å². The number of halogens is 1. The zero-order chi connectivity index (χ0) is 18.1. The molecule has 8 heteroatoms. The molecule has 7 nitrogen and oxygen atoms in total. The number of rotatable bonds is 3. The quantitative estimate of drug-likeness (QED) is 0.838. The Hall–Kier alpha value is -1.99. The second-order valence-corrected chi connectivity index (χ2v) is 7.22. The fraction of sp³-hybridized carbons (Fsp3) is 0.579. The van der Waals surface area contributed by atoms with Crippen LogP contribution in [0, 0.1) is 11.8 Å². The van der Waals surface area contributed by atoms with E-state index in [2.05, 4.69) is 0 Å². The van der Waals surface area contributed by atoms with Gasteiger partial charge < -0.3 is 25.0 Å². The second kappa shape index (κ2) is 8.35. The molecule has 148 valence electrons. The first-order valence-electron chi connectivity index (χ1n) is 9.35. The van der Waals surface area contributed by atoms with Gasteiger partial charge in [-0.25, -0.2) is 0 Å². The maximum absolute atomic E-state index is 12.8. The van der Waals surface area contributed by atoms with Crippen LogP contribution in [0.5, 0.6) is 11.5 Å². The van der Waals surface area contributed by atoms with Gasteiger partial charge in [-0.05, 0) is 43.5 Å². The number of piperazine rings is 1. The van der Waals surface area contributed by atoms with Gasteiger partial charge in [0.05, 0.1) is 0 Å². The Morgan fingerprint density at radius 2 is 1.74 bits per heavy atom. The van der Waals surface area contributed by atoms with Crippen molar-refractivity contribution < 1.29 is 19.1 Å². The van der Waals surface area contributed by atoms with Crippen LogP contribution in [-0.2, 0) is 4.79 Å². The highest BCUT2D eigenvalue weighted by Gasteiger charge is 2.36. The van der Waals surface area contributed by atoms with Gasteiger partial charge in [-0.15, -0.1) is 12.4 Å². The summed E-state index contributed by atoms with van der Waals surface area (Å²) in [6.07, 6.45) is 3.08. The highest BCUT2D eigenvalue weighted by Crippen LogP contribution is 2.34. The van der Waals surface area contributed by atoms with Crippen molar-refractivity contribution in [1.29, 1.82) is 0 Å². The van der Waals surface area contributed by atoms with Crippen molar-refractivity contribution in [3.8, 4) is 11.5 Å². The summed E-state index contributed by atoms with van der Waals surface area (Å²) in [4.78, 5) is 29.2. The lowest BCUT2D eigenvalue weighted by atomic mass is 9.94. The summed E-state index contributed by atoms with van der Waals surface area (Å²) in [5.74, 6) is 1.85. The van der Waals surface area contributed by atoms with E-state index in [1.54, 1.807) is 23.1 Å². The number of ether oxygens (including phenoxy) is 2. The van der Waals surface area contributed by atoms with Crippen LogP contribution >= 0.6 is 12.4 Å². The minimum Gasteiger partial charge on any atom is -0.454 e. The first-order chi connectivity index (χ1) is 12.7. The molecule has 1 saturated heterocycles. The fourth-order valence-corrected chi connectivity index (χ4v) is 4.22. The molecule has 1 aromatic carbocycles. The Morgan fingerprint density at radius 1 is 1.04 bits per heavy atom. The van der Waals surface area contributed by atoms with Crippen molar-refractivity contribution in [2.24, 2.45) is 17.6 Å². The maximum atomic E-state index is 12.8. The van der Waals surface area contributed by atoms with Crippen molar-refractivity contribution >= 4 is 24.2 Å². The Morgan fingerprint density at radius 3 is 2.48 bits per heavy atom. The molecular weight excluding hydrogens is 370 g/mol. The van der Waals surface area contributed by atoms with E-state index in [0.717, 1.165) is 19.3 Å². The molecule has 2 aliphatic heterocycles. The molecule has 2 heterocycles. The van der Waals surface area contributed by atoms with Gasteiger partial charge in [-0.1, -0.05) is 6.42 Å². The molecule has 2 fully saturated rings. The number of hydrogen-bond acceptors (Lipinski definition) is 5. The molecule has 2 N–H and O–H groups in total. The largest absolute Gasteiger partial charge is 0.454 e. The molecule has 0 radical (unpaired) electrons. The van der Waals surface area contributed by atoms with E-state index in [9.17, 15) is 9.59 Å². The summed E-state index contributed by atoms with van der Waals surface area (Å²) in [6, 6.07) is 5.26. The molecule has 2 amide bonds. The summed E-state index contributed by atoms with van der Waals surface area (Å²) in [5.41, 5.74) is 6.40. The Balaban J connectivity index is 0.00000210. The number of fused-ring (bicyclic) bond motifs is 1. The first kappa shape index (κ1) is 19.8. The molecule has 1 saturated carbocycles. The number of nitrogens with two attached hydrogens (primary N) is 1. The average molecular weight is 396 g/mol. The third-order valence-corrected chi connectivity index (χ3v) is 5.78. The number of carbonyl (C=O) groups is 2. The number of benzene rings is 1. The summed E-state index contributed by atoms with van der Waals surface area (Å²) in [6.45, 7) is 3.06. The minimum atomic E-state index is -0.0314. The maximum Gasteiger partial charge on any atom is 0.254 e. The molecular formula is C19H26ClN3O4. The lowest BCUT2D eigenvalue weighted by Crippen LogP contribution is -2.52. The molecule has 1 aromatic rings. The standard InChI is InChI=1S/C19H25N3O4.ClH/c20-11-14-2-1-3-15(14)19(24)22-8-6-21(7-9-22)18(23)13-4-5-16-17(10-13)26-12-25-16;/h4-5,10,14-15H,1-3,6-9,11-12,20H2;1H/t14-,15-;/m1./s1. The van der Waals surface area contributed by atoms with Crippen LogP contribution < -0.4 is 15.2 Å². The third kappa shape index (κ3) is 3.84. The van der Waals surface area contributed by atoms with Crippen molar-refractivity contribution in [2.45, 2.75) is 19.3 Å². The predicted octanol–water partition coefficient (Wildman–Crippen LogP) is 1.50. The molecule has 0 unspecified atom stereocenters. The number of nitrogens with zero attached hydrogens (tertiary/aromatic N) is 2. The van der Waals surface area contributed by atoms with Gasteiger partial charge in [0.15, 0.2) is 11.5 Å². The summed E-state index contributed by atoms with van der Waals surface area (Å²) < 4.78 is 10.6. The lowest BCUT2D eigenvalue weighted by Gasteiger charge is -2.36. The topological polar surface area (TPSA) is 85.1 Å². The number of amides is 2. The SMILES string of the molecule is Cl.NC[C@H]1CCC[C@H]1C(=O)N1CCN(C(=O)c2ccc3c(c2)OCO3)CC1. The Bertz CT molecular complexity index is 706. The summed E-state index contributed by atoms with van der Waals surface area (Å²) in [5, 5.41) is 0. The van der Waals surface area contributed by atoms with Gasteiger partial charge in [-0.3, -0.25) is 9.59 Å². The van der Waals surface area contributed by atoms with E-state index in [1.165, 1.54) is 0 Å². The van der Waals surface area contributed by atoms with Crippen LogP contribution in [-0.4, -0.2) is 61.1 Å². The van der Waals surface area contributed by atoms with E-state index < -0.39 is 0 Å². The Labute approximate surface area is 165 Å². The molecule has 0 aromatic heterocycles. The highest BCUT2D eigenvalue weighted by atomic mass is 35.5. The molecule has 2 atom stereocenters. The van der Waals surface area contributed by atoms with Crippen LogP contribution in [0.4, 0.5) is 0 Å². The fourth-order valence-electron chi connectivity index (χ4n) is 4.22. The van der Waals surface area contributed by atoms with Gasteiger partial charge >= 0.3 is 0 Å². The van der Waals surface area contributed by atoms with E-state index in [1.807, 2.05) is 4.90 Å². The average Bonchev–Trinajstić information content (AvgIpc) is 3.35.